The van der Waals surface area contributed by atoms with Crippen LogP contribution in [0.3, 0.4) is 0 Å². The Morgan fingerprint density at radius 3 is 1.07 bits per heavy atom. The molecule has 0 radical (unpaired) electrons. The van der Waals surface area contributed by atoms with Crippen LogP contribution in [-0.2, 0) is 0 Å². The summed E-state index contributed by atoms with van der Waals surface area (Å²) in [5.41, 5.74) is 0. The molecule has 1 nitrogen and oxygen atoms in total. The Morgan fingerprint density at radius 2 is 0.700 bits per heavy atom. The molecule has 0 aliphatic rings. The van der Waals surface area contributed by atoms with Crippen LogP contribution in [0, 0.1) is 5.92 Å². The fourth-order valence-electron chi connectivity index (χ4n) is 4.84. The molecule has 0 rings (SSSR count). The van der Waals surface area contributed by atoms with Gasteiger partial charge >= 0.3 is 0 Å². The highest BCUT2D eigenvalue weighted by Crippen LogP contribution is 2.23. The van der Waals surface area contributed by atoms with Crippen molar-refractivity contribution in [3.05, 3.63) is 0 Å². The first-order valence-corrected chi connectivity index (χ1v) is 14.5. The third-order valence-electron chi connectivity index (χ3n) is 6.97. The molecule has 1 unspecified atom stereocenters. The Morgan fingerprint density at radius 1 is 0.400 bits per heavy atom. The highest BCUT2D eigenvalue weighted by atomic mass is 14.8. The Balaban J connectivity index is 3.40. The van der Waals surface area contributed by atoms with E-state index in [-0.39, 0.29) is 0 Å². The second-order valence-corrected chi connectivity index (χ2v) is 10.1. The average molecular weight is 424 g/mol. The normalized spacial score (nSPS) is 12.5. The van der Waals surface area contributed by atoms with Crippen LogP contribution in [0.25, 0.3) is 0 Å². The van der Waals surface area contributed by atoms with Crippen molar-refractivity contribution < 1.29 is 0 Å². The van der Waals surface area contributed by atoms with E-state index in [4.69, 9.17) is 0 Å². The molecule has 0 spiro atoms. The van der Waals surface area contributed by atoms with Gasteiger partial charge in [0.05, 0.1) is 0 Å². The largest absolute Gasteiger partial charge is 0.320 e. The summed E-state index contributed by atoms with van der Waals surface area (Å²) in [5.74, 6) is 1.00. The Labute approximate surface area is 193 Å². The Bertz CT molecular complexity index is 288. The molecule has 0 aliphatic carbocycles. The van der Waals surface area contributed by atoms with Crippen molar-refractivity contribution >= 4 is 0 Å². The molecule has 0 bridgehead atoms. The van der Waals surface area contributed by atoms with Crippen molar-refractivity contribution in [2.75, 3.05) is 13.6 Å². The van der Waals surface area contributed by atoms with E-state index in [1.165, 1.54) is 161 Å². The molecular weight excluding hydrogens is 362 g/mol. The molecule has 0 heterocycles. The zero-order chi connectivity index (χ0) is 22.0. The molecule has 0 aromatic heterocycles. The minimum absolute atomic E-state index is 1.00. The molecule has 182 valence electrons. The van der Waals surface area contributed by atoms with Crippen molar-refractivity contribution in [3.8, 4) is 0 Å². The van der Waals surface area contributed by atoms with Crippen molar-refractivity contribution in [2.24, 2.45) is 5.92 Å². The molecule has 0 fully saturated rings. The van der Waals surface area contributed by atoms with Gasteiger partial charge in [-0.05, 0) is 32.4 Å². The SMILES string of the molecule is CCCCCCCCCCCCCCCCCCC(CCCCCC)CCCNC. The van der Waals surface area contributed by atoms with E-state index in [2.05, 4.69) is 26.2 Å². The maximum absolute atomic E-state index is 3.32. The molecule has 0 amide bonds. The maximum atomic E-state index is 3.32. The van der Waals surface area contributed by atoms with Crippen LogP contribution in [0.5, 0.6) is 0 Å². The van der Waals surface area contributed by atoms with E-state index in [0.29, 0.717) is 0 Å². The lowest BCUT2D eigenvalue weighted by molar-refractivity contribution is 0.371. The van der Waals surface area contributed by atoms with Crippen LogP contribution in [0.2, 0.25) is 0 Å². The van der Waals surface area contributed by atoms with Gasteiger partial charge in [-0.1, -0.05) is 155 Å². The van der Waals surface area contributed by atoms with Gasteiger partial charge in [-0.2, -0.15) is 0 Å². The summed E-state index contributed by atoms with van der Waals surface area (Å²) in [6.45, 7) is 5.82. The average Bonchev–Trinajstić information content (AvgIpc) is 2.76. The van der Waals surface area contributed by atoms with Crippen molar-refractivity contribution in [3.63, 3.8) is 0 Å². The summed E-state index contributed by atoms with van der Waals surface area (Å²) in [6, 6.07) is 0. The Kier molecular flexibility index (Phi) is 27.0. The van der Waals surface area contributed by atoms with Gasteiger partial charge in [0, 0.05) is 0 Å². The summed E-state index contributed by atoms with van der Waals surface area (Å²) in [7, 11) is 2.09. The monoisotopic (exact) mass is 423 g/mol. The van der Waals surface area contributed by atoms with Crippen LogP contribution < -0.4 is 5.32 Å². The number of unbranched alkanes of at least 4 members (excludes halogenated alkanes) is 18. The van der Waals surface area contributed by atoms with E-state index < -0.39 is 0 Å². The van der Waals surface area contributed by atoms with Gasteiger partial charge in [-0.3, -0.25) is 0 Å². The fourth-order valence-corrected chi connectivity index (χ4v) is 4.84. The number of hydrogen-bond donors (Lipinski definition) is 1. The maximum Gasteiger partial charge on any atom is -0.00518 e. The zero-order valence-corrected chi connectivity index (χ0v) is 21.8. The van der Waals surface area contributed by atoms with Gasteiger partial charge in [-0.15, -0.1) is 0 Å². The predicted octanol–water partition coefficient (Wildman–Crippen LogP) is 10.2. The van der Waals surface area contributed by atoms with Crippen LogP contribution in [0.15, 0.2) is 0 Å². The first kappa shape index (κ1) is 30.0. The molecular formula is C29H61N. The van der Waals surface area contributed by atoms with E-state index in [9.17, 15) is 0 Å². The van der Waals surface area contributed by atoms with Crippen LogP contribution in [0.4, 0.5) is 0 Å². The van der Waals surface area contributed by atoms with Crippen molar-refractivity contribution in [1.29, 1.82) is 0 Å². The highest BCUT2D eigenvalue weighted by Gasteiger charge is 2.08. The lowest BCUT2D eigenvalue weighted by atomic mass is 9.90. The molecule has 0 aliphatic heterocycles. The summed E-state index contributed by atoms with van der Waals surface area (Å²) >= 11 is 0. The van der Waals surface area contributed by atoms with Crippen molar-refractivity contribution in [2.45, 2.75) is 168 Å². The van der Waals surface area contributed by atoms with Crippen LogP contribution in [-0.4, -0.2) is 13.6 Å². The summed E-state index contributed by atoms with van der Waals surface area (Å²) < 4.78 is 0. The molecule has 1 N–H and O–H groups in total. The first-order valence-electron chi connectivity index (χ1n) is 14.5. The summed E-state index contributed by atoms with van der Waals surface area (Å²) in [5, 5.41) is 3.32. The van der Waals surface area contributed by atoms with E-state index >= 15 is 0 Å². The second kappa shape index (κ2) is 27.0. The third-order valence-corrected chi connectivity index (χ3v) is 6.97. The van der Waals surface area contributed by atoms with Gasteiger partial charge in [0.15, 0.2) is 0 Å². The lowest BCUT2D eigenvalue weighted by Crippen LogP contribution is -2.10. The zero-order valence-electron chi connectivity index (χ0n) is 21.8. The second-order valence-electron chi connectivity index (χ2n) is 10.1. The number of hydrogen-bond acceptors (Lipinski definition) is 1. The van der Waals surface area contributed by atoms with Crippen LogP contribution in [0.1, 0.15) is 168 Å². The van der Waals surface area contributed by atoms with Gasteiger partial charge in [0.25, 0.3) is 0 Å². The van der Waals surface area contributed by atoms with Gasteiger partial charge < -0.3 is 5.32 Å². The number of nitrogens with one attached hydrogen (secondary N) is 1. The lowest BCUT2D eigenvalue weighted by Gasteiger charge is -2.17. The minimum Gasteiger partial charge on any atom is -0.320 e. The molecule has 30 heavy (non-hydrogen) atoms. The summed E-state index contributed by atoms with van der Waals surface area (Å²) in [4.78, 5) is 0. The topological polar surface area (TPSA) is 12.0 Å². The predicted molar refractivity (Wildman–Crippen MR) is 140 cm³/mol. The molecule has 1 heteroatoms. The third kappa shape index (κ3) is 24.2. The van der Waals surface area contributed by atoms with E-state index in [0.717, 1.165) is 5.92 Å². The first-order chi connectivity index (χ1) is 14.8. The highest BCUT2D eigenvalue weighted by molar-refractivity contribution is 4.62. The molecule has 1 atom stereocenters. The molecule has 0 aromatic carbocycles. The fraction of sp³-hybridized carbons (Fsp3) is 1.00. The van der Waals surface area contributed by atoms with Gasteiger partial charge in [-0.25, -0.2) is 0 Å². The number of rotatable bonds is 26. The Hall–Kier alpha value is -0.0400. The minimum atomic E-state index is 1.00. The summed E-state index contributed by atoms with van der Waals surface area (Å²) in [6.07, 6.45) is 35.1. The quantitative estimate of drug-likeness (QED) is 0.136. The van der Waals surface area contributed by atoms with Crippen molar-refractivity contribution in [1.82, 2.24) is 5.32 Å². The van der Waals surface area contributed by atoms with Crippen LogP contribution >= 0.6 is 0 Å². The van der Waals surface area contributed by atoms with Gasteiger partial charge in [0.2, 0.25) is 0 Å². The van der Waals surface area contributed by atoms with E-state index in [1.54, 1.807) is 0 Å². The molecule has 0 saturated heterocycles. The van der Waals surface area contributed by atoms with Gasteiger partial charge in [0.1, 0.15) is 0 Å². The molecule has 0 saturated carbocycles. The smallest absolute Gasteiger partial charge is 0.00518 e. The standard InChI is InChI=1S/C29H61N/c1-4-6-8-10-11-12-13-14-15-16-17-18-19-20-21-23-26-29(27-24-28-30-3)25-22-9-7-5-2/h29-30H,4-28H2,1-3H3. The van der Waals surface area contributed by atoms with E-state index in [1.807, 2.05) is 0 Å². The molecule has 0 aromatic rings.